The van der Waals surface area contributed by atoms with Gasteiger partial charge < -0.3 is 20.3 Å². The van der Waals surface area contributed by atoms with Crippen LogP contribution >= 0.6 is 23.2 Å². The molecule has 0 unspecified atom stereocenters. The maximum Gasteiger partial charge on any atom is 0.220 e. The fourth-order valence-corrected chi connectivity index (χ4v) is 5.85. The first-order valence-corrected chi connectivity index (χ1v) is 14.8. The second-order valence-electron chi connectivity index (χ2n) is 10.4. The molecule has 2 aliphatic heterocycles. The summed E-state index contributed by atoms with van der Waals surface area (Å²) >= 11 is 12.6. The second kappa shape index (κ2) is 13.6. The van der Waals surface area contributed by atoms with Gasteiger partial charge in [-0.15, -0.1) is 0 Å². The SMILES string of the molecule is CCNC(=O)CC1CCN(Cc2cc(Oc3ccc(N4CCNCC4)nc3)nc(-c3cc(Cl)cc(Cl)c3)c2)CC1. The number of likely N-dealkylation sites (tertiary alicyclic amines) is 1. The summed E-state index contributed by atoms with van der Waals surface area (Å²) in [6.45, 7) is 9.07. The Kier molecular flexibility index (Phi) is 9.75. The number of benzene rings is 1. The molecule has 1 aromatic carbocycles. The van der Waals surface area contributed by atoms with Crippen LogP contribution in [0.5, 0.6) is 11.6 Å². The van der Waals surface area contributed by atoms with Gasteiger partial charge in [-0.3, -0.25) is 9.69 Å². The molecule has 2 fully saturated rings. The van der Waals surface area contributed by atoms with Crippen molar-refractivity contribution in [2.75, 3.05) is 50.7 Å². The van der Waals surface area contributed by atoms with Crippen molar-refractivity contribution in [2.45, 2.75) is 32.7 Å². The maximum atomic E-state index is 12.0. The van der Waals surface area contributed by atoms with E-state index in [9.17, 15) is 4.79 Å². The van der Waals surface area contributed by atoms with Gasteiger partial charge in [0.1, 0.15) is 11.6 Å². The first-order valence-electron chi connectivity index (χ1n) is 14.0. The Morgan fingerprint density at radius 3 is 2.48 bits per heavy atom. The molecule has 2 aliphatic rings. The summed E-state index contributed by atoms with van der Waals surface area (Å²) in [5.41, 5.74) is 2.66. The summed E-state index contributed by atoms with van der Waals surface area (Å²) in [7, 11) is 0. The molecular formula is C30H36Cl2N6O2. The number of carbonyl (C=O) groups is 1. The highest BCUT2D eigenvalue weighted by molar-refractivity contribution is 6.35. The van der Waals surface area contributed by atoms with Gasteiger partial charge in [0.2, 0.25) is 11.8 Å². The number of aromatic nitrogens is 2. The lowest BCUT2D eigenvalue weighted by atomic mass is 9.93. The average molecular weight is 584 g/mol. The molecule has 0 bridgehead atoms. The predicted molar refractivity (Wildman–Crippen MR) is 160 cm³/mol. The third-order valence-corrected chi connectivity index (χ3v) is 7.80. The fraction of sp³-hybridized carbons (Fsp3) is 0.433. The zero-order valence-corrected chi connectivity index (χ0v) is 24.3. The molecule has 0 atom stereocenters. The number of ether oxygens (including phenoxy) is 1. The van der Waals surface area contributed by atoms with Crippen molar-refractivity contribution in [1.29, 1.82) is 0 Å². The molecule has 5 rings (SSSR count). The highest BCUT2D eigenvalue weighted by atomic mass is 35.5. The molecule has 2 saturated heterocycles. The van der Waals surface area contributed by atoms with E-state index >= 15 is 0 Å². The van der Waals surface area contributed by atoms with Crippen LogP contribution in [0.1, 0.15) is 31.7 Å². The van der Waals surface area contributed by atoms with Crippen LogP contribution in [-0.2, 0) is 11.3 Å². The Morgan fingerprint density at radius 2 is 1.80 bits per heavy atom. The third-order valence-electron chi connectivity index (χ3n) is 7.37. The van der Waals surface area contributed by atoms with Crippen molar-refractivity contribution in [3.63, 3.8) is 0 Å². The Bertz CT molecular complexity index is 1270. The summed E-state index contributed by atoms with van der Waals surface area (Å²) in [5.74, 6) is 2.65. The lowest BCUT2D eigenvalue weighted by Crippen LogP contribution is -2.43. The monoisotopic (exact) mass is 582 g/mol. The number of halogens is 2. The Labute approximate surface area is 246 Å². The normalized spacial score (nSPS) is 16.6. The molecule has 2 aromatic heterocycles. The highest BCUT2D eigenvalue weighted by Crippen LogP contribution is 2.31. The van der Waals surface area contributed by atoms with Crippen LogP contribution in [0, 0.1) is 5.92 Å². The van der Waals surface area contributed by atoms with E-state index in [0.29, 0.717) is 40.6 Å². The number of amides is 1. The Morgan fingerprint density at radius 1 is 1.05 bits per heavy atom. The zero-order chi connectivity index (χ0) is 27.9. The minimum absolute atomic E-state index is 0.150. The summed E-state index contributed by atoms with van der Waals surface area (Å²) in [5, 5.41) is 7.39. The molecule has 3 aromatic rings. The Balaban J connectivity index is 1.32. The van der Waals surface area contributed by atoms with Crippen LogP contribution in [0.3, 0.4) is 0 Å². The number of anilines is 1. The highest BCUT2D eigenvalue weighted by Gasteiger charge is 2.22. The van der Waals surface area contributed by atoms with E-state index in [4.69, 9.17) is 32.9 Å². The van der Waals surface area contributed by atoms with Gasteiger partial charge in [0.15, 0.2) is 0 Å². The van der Waals surface area contributed by atoms with Gasteiger partial charge in [0, 0.05) is 67.4 Å². The largest absolute Gasteiger partial charge is 0.437 e. The topological polar surface area (TPSA) is 82.6 Å². The molecule has 0 radical (unpaired) electrons. The van der Waals surface area contributed by atoms with Gasteiger partial charge >= 0.3 is 0 Å². The lowest BCUT2D eigenvalue weighted by molar-refractivity contribution is -0.122. The van der Waals surface area contributed by atoms with E-state index in [-0.39, 0.29) is 5.91 Å². The van der Waals surface area contributed by atoms with Crippen molar-refractivity contribution >= 4 is 34.9 Å². The molecule has 0 saturated carbocycles. The number of piperidine rings is 1. The number of nitrogens with one attached hydrogen (secondary N) is 2. The number of hydrogen-bond acceptors (Lipinski definition) is 7. The standard InChI is InChI=1S/C30H36Cl2N6O2/c1-2-34-29(39)14-21-5-9-37(10-6-21)20-22-13-27(23-16-24(31)18-25(32)17-23)36-30(15-22)40-26-3-4-28(35-19-26)38-11-7-33-8-12-38/h3-4,13,15-19,21,33H,2,5-12,14,20H2,1H3,(H,34,39). The lowest BCUT2D eigenvalue weighted by Gasteiger charge is -2.31. The van der Waals surface area contributed by atoms with E-state index < -0.39 is 0 Å². The second-order valence-corrected chi connectivity index (χ2v) is 11.3. The zero-order valence-electron chi connectivity index (χ0n) is 22.8. The third kappa shape index (κ3) is 7.85. The smallest absolute Gasteiger partial charge is 0.220 e. The number of nitrogens with zero attached hydrogens (tertiary/aromatic N) is 4. The molecule has 10 heteroatoms. The van der Waals surface area contributed by atoms with Crippen molar-refractivity contribution in [3.05, 3.63) is 64.3 Å². The quantitative estimate of drug-likeness (QED) is 0.350. The van der Waals surface area contributed by atoms with Gasteiger partial charge in [0.25, 0.3) is 0 Å². The first kappa shape index (κ1) is 28.6. The van der Waals surface area contributed by atoms with Crippen LogP contribution in [0.2, 0.25) is 10.0 Å². The van der Waals surface area contributed by atoms with Crippen molar-refractivity contribution in [2.24, 2.45) is 5.92 Å². The molecule has 4 heterocycles. The number of carbonyl (C=O) groups excluding carboxylic acids is 1. The molecule has 2 N–H and O–H groups in total. The van der Waals surface area contributed by atoms with Crippen LogP contribution < -0.4 is 20.3 Å². The molecule has 212 valence electrons. The number of rotatable bonds is 9. The predicted octanol–water partition coefficient (Wildman–Crippen LogP) is 5.39. The van der Waals surface area contributed by atoms with Gasteiger partial charge in [-0.1, -0.05) is 23.2 Å². The van der Waals surface area contributed by atoms with Crippen LogP contribution in [-0.4, -0.2) is 66.6 Å². The number of pyridine rings is 2. The van der Waals surface area contributed by atoms with Gasteiger partial charge in [0.05, 0.1) is 11.9 Å². The van der Waals surface area contributed by atoms with E-state index in [2.05, 4.69) is 31.5 Å². The number of hydrogen-bond donors (Lipinski definition) is 2. The summed E-state index contributed by atoms with van der Waals surface area (Å²) in [4.78, 5) is 26.1. The summed E-state index contributed by atoms with van der Waals surface area (Å²) in [6, 6.07) is 13.4. The van der Waals surface area contributed by atoms with Crippen LogP contribution in [0.25, 0.3) is 11.3 Å². The summed E-state index contributed by atoms with van der Waals surface area (Å²) < 4.78 is 6.22. The molecule has 8 nitrogen and oxygen atoms in total. The first-order chi connectivity index (χ1) is 19.4. The molecule has 0 spiro atoms. The van der Waals surface area contributed by atoms with Crippen molar-refractivity contribution in [3.8, 4) is 22.9 Å². The number of piperazine rings is 1. The average Bonchev–Trinajstić information content (AvgIpc) is 2.94. The minimum atomic E-state index is 0.150. The van der Waals surface area contributed by atoms with E-state index in [0.717, 1.165) is 81.3 Å². The molecule has 1 amide bonds. The Hall–Kier alpha value is -2.91. The summed E-state index contributed by atoms with van der Waals surface area (Å²) in [6.07, 6.45) is 4.37. The molecule has 40 heavy (non-hydrogen) atoms. The van der Waals surface area contributed by atoms with Crippen molar-refractivity contribution in [1.82, 2.24) is 25.5 Å². The minimum Gasteiger partial charge on any atom is -0.437 e. The van der Waals surface area contributed by atoms with Gasteiger partial charge in [-0.25, -0.2) is 9.97 Å². The van der Waals surface area contributed by atoms with Crippen LogP contribution in [0.4, 0.5) is 5.82 Å². The van der Waals surface area contributed by atoms with Crippen molar-refractivity contribution < 1.29 is 9.53 Å². The molecule has 0 aliphatic carbocycles. The van der Waals surface area contributed by atoms with Gasteiger partial charge in [-0.05, 0) is 80.7 Å². The van der Waals surface area contributed by atoms with E-state index in [1.54, 1.807) is 12.3 Å². The van der Waals surface area contributed by atoms with Gasteiger partial charge in [-0.2, -0.15) is 0 Å². The fourth-order valence-electron chi connectivity index (χ4n) is 5.33. The van der Waals surface area contributed by atoms with Crippen LogP contribution in [0.15, 0.2) is 48.7 Å². The van der Waals surface area contributed by atoms with E-state index in [1.807, 2.05) is 37.3 Å². The van der Waals surface area contributed by atoms with E-state index in [1.165, 1.54) is 0 Å². The molecular weight excluding hydrogens is 547 g/mol. The maximum absolute atomic E-state index is 12.0.